The Labute approximate surface area is 143 Å². The summed E-state index contributed by atoms with van der Waals surface area (Å²) in [7, 11) is 0. The molecule has 1 aliphatic heterocycles. The van der Waals surface area contributed by atoms with E-state index in [4.69, 9.17) is 4.74 Å². The molecule has 3 atom stereocenters. The summed E-state index contributed by atoms with van der Waals surface area (Å²) in [5.41, 5.74) is 1.36. The molecule has 0 unspecified atom stereocenters. The van der Waals surface area contributed by atoms with Crippen molar-refractivity contribution in [3.05, 3.63) is 70.6 Å². The molecule has 0 spiro atoms. The van der Waals surface area contributed by atoms with Crippen molar-refractivity contribution in [2.24, 2.45) is 0 Å². The van der Waals surface area contributed by atoms with Gasteiger partial charge in [-0.05, 0) is 31.9 Å². The maximum atomic E-state index is 12.1. The van der Waals surface area contributed by atoms with Gasteiger partial charge in [-0.25, -0.2) is 0 Å². The Morgan fingerprint density at radius 1 is 1.12 bits per heavy atom. The quantitative estimate of drug-likeness (QED) is 0.818. The zero-order valence-corrected chi connectivity index (χ0v) is 14.5. The summed E-state index contributed by atoms with van der Waals surface area (Å²) in [4.78, 5) is 14.6. The van der Waals surface area contributed by atoms with Crippen LogP contribution in [0.3, 0.4) is 0 Å². The lowest BCUT2D eigenvalue weighted by molar-refractivity contribution is 0.0382. The highest BCUT2D eigenvalue weighted by Gasteiger charge is 2.38. The monoisotopic (exact) mass is 326 g/mol. The predicted octanol–water partition coefficient (Wildman–Crippen LogP) is 2.92. The molecule has 24 heavy (non-hydrogen) atoms. The van der Waals surface area contributed by atoms with E-state index >= 15 is 0 Å². The largest absolute Gasteiger partial charge is 0.377 e. The molecule has 1 aromatic heterocycles. The lowest BCUT2D eigenvalue weighted by Crippen LogP contribution is -2.39. The molecule has 0 aliphatic carbocycles. The van der Waals surface area contributed by atoms with E-state index in [2.05, 4.69) is 36.1 Å². The minimum absolute atomic E-state index is 0.0599. The molecule has 1 aromatic carbocycles. The van der Waals surface area contributed by atoms with Crippen LogP contribution >= 0.6 is 0 Å². The second-order valence-electron chi connectivity index (χ2n) is 6.47. The fraction of sp³-hybridized carbons (Fsp3) is 0.450. The fourth-order valence-corrected chi connectivity index (χ4v) is 3.65. The number of aromatic nitrogens is 1. The van der Waals surface area contributed by atoms with E-state index in [0.29, 0.717) is 18.6 Å². The van der Waals surface area contributed by atoms with Gasteiger partial charge in [0.2, 0.25) is 0 Å². The third-order valence-corrected chi connectivity index (χ3v) is 4.93. The zero-order chi connectivity index (χ0) is 16.9. The smallest absolute Gasteiger partial charge is 0.250 e. The Morgan fingerprint density at radius 2 is 1.88 bits per heavy atom. The van der Waals surface area contributed by atoms with Crippen LogP contribution in [0.25, 0.3) is 0 Å². The second-order valence-corrected chi connectivity index (χ2v) is 6.47. The van der Waals surface area contributed by atoms with Gasteiger partial charge in [0.25, 0.3) is 5.56 Å². The molecule has 128 valence electrons. The van der Waals surface area contributed by atoms with E-state index in [1.165, 1.54) is 5.56 Å². The minimum Gasteiger partial charge on any atom is -0.377 e. The van der Waals surface area contributed by atoms with Gasteiger partial charge in [0, 0.05) is 44.0 Å². The third-order valence-electron chi connectivity index (χ3n) is 4.93. The summed E-state index contributed by atoms with van der Waals surface area (Å²) in [5, 5.41) is 0. The van der Waals surface area contributed by atoms with Crippen LogP contribution in [0.1, 0.15) is 25.8 Å². The molecule has 1 fully saturated rings. The summed E-state index contributed by atoms with van der Waals surface area (Å²) in [6.45, 7) is 6.60. The van der Waals surface area contributed by atoms with Crippen LogP contribution in [0.5, 0.6) is 0 Å². The molecule has 1 saturated heterocycles. The maximum Gasteiger partial charge on any atom is 0.250 e. The van der Waals surface area contributed by atoms with Gasteiger partial charge in [-0.1, -0.05) is 36.4 Å². The molecule has 0 saturated carbocycles. The van der Waals surface area contributed by atoms with Gasteiger partial charge in [0.05, 0.1) is 6.10 Å². The standard InChI is InChI=1S/C20H26N2O2/c1-3-24-19-13-18(15-21-12-8-7-11-20(21)23)22(16(19)2)14-17-9-5-4-6-10-17/h4-12,16,18-19H,3,13-15H2,1-2H3/t16-,18+,19+/m0/s1. The summed E-state index contributed by atoms with van der Waals surface area (Å²) in [6, 6.07) is 16.5. The molecule has 0 amide bonds. The first-order valence-electron chi connectivity index (χ1n) is 8.75. The molecular weight excluding hydrogens is 300 g/mol. The van der Waals surface area contributed by atoms with Crippen LogP contribution < -0.4 is 5.56 Å². The molecule has 3 rings (SSSR count). The Hall–Kier alpha value is -1.91. The highest BCUT2D eigenvalue weighted by atomic mass is 16.5. The highest BCUT2D eigenvalue weighted by Crippen LogP contribution is 2.29. The lowest BCUT2D eigenvalue weighted by atomic mass is 10.1. The van der Waals surface area contributed by atoms with Crippen molar-refractivity contribution in [2.45, 2.75) is 51.5 Å². The number of hydrogen-bond donors (Lipinski definition) is 0. The van der Waals surface area contributed by atoms with Crippen LogP contribution in [-0.2, 0) is 17.8 Å². The number of pyridine rings is 1. The molecular formula is C20H26N2O2. The molecule has 0 radical (unpaired) electrons. The van der Waals surface area contributed by atoms with Crippen molar-refractivity contribution in [2.75, 3.05) is 6.61 Å². The van der Waals surface area contributed by atoms with Gasteiger partial charge in [0.15, 0.2) is 0 Å². The van der Waals surface area contributed by atoms with Crippen LogP contribution in [-0.4, -0.2) is 34.3 Å². The second kappa shape index (κ2) is 7.77. The van der Waals surface area contributed by atoms with Crippen molar-refractivity contribution in [1.29, 1.82) is 0 Å². The number of benzene rings is 1. The van der Waals surface area contributed by atoms with E-state index in [1.807, 2.05) is 29.8 Å². The maximum absolute atomic E-state index is 12.1. The van der Waals surface area contributed by atoms with E-state index in [1.54, 1.807) is 12.1 Å². The van der Waals surface area contributed by atoms with Gasteiger partial charge in [-0.2, -0.15) is 0 Å². The molecule has 4 nitrogen and oxygen atoms in total. The molecule has 2 aromatic rings. The summed E-state index contributed by atoms with van der Waals surface area (Å²) >= 11 is 0. The van der Waals surface area contributed by atoms with Crippen molar-refractivity contribution >= 4 is 0 Å². The number of likely N-dealkylation sites (tertiary alicyclic amines) is 1. The number of nitrogens with zero attached hydrogens (tertiary/aromatic N) is 2. The third kappa shape index (κ3) is 3.77. The summed E-state index contributed by atoms with van der Waals surface area (Å²) in [6.07, 6.45) is 3.06. The Kier molecular flexibility index (Phi) is 5.48. The van der Waals surface area contributed by atoms with Crippen molar-refractivity contribution < 1.29 is 4.74 Å². The minimum atomic E-state index is 0.0599. The summed E-state index contributed by atoms with van der Waals surface area (Å²) in [5.74, 6) is 0. The van der Waals surface area contributed by atoms with Crippen molar-refractivity contribution in [3.8, 4) is 0 Å². The first-order chi connectivity index (χ1) is 11.7. The van der Waals surface area contributed by atoms with Crippen molar-refractivity contribution in [1.82, 2.24) is 9.47 Å². The average Bonchev–Trinajstić information content (AvgIpc) is 2.87. The Bertz CT molecular complexity index is 698. The molecule has 4 heteroatoms. The van der Waals surface area contributed by atoms with Gasteiger partial charge in [-0.15, -0.1) is 0 Å². The molecule has 1 aliphatic rings. The van der Waals surface area contributed by atoms with Crippen LogP contribution in [0.4, 0.5) is 0 Å². The molecule has 2 heterocycles. The van der Waals surface area contributed by atoms with Crippen LogP contribution in [0.2, 0.25) is 0 Å². The Balaban J connectivity index is 1.81. The van der Waals surface area contributed by atoms with E-state index in [-0.39, 0.29) is 11.7 Å². The molecule has 0 bridgehead atoms. The van der Waals surface area contributed by atoms with E-state index in [9.17, 15) is 4.79 Å². The van der Waals surface area contributed by atoms with E-state index < -0.39 is 0 Å². The van der Waals surface area contributed by atoms with Gasteiger partial charge in [-0.3, -0.25) is 9.69 Å². The van der Waals surface area contributed by atoms with E-state index in [0.717, 1.165) is 19.6 Å². The SMILES string of the molecule is CCO[C@@H]1C[C@H](Cn2ccccc2=O)N(Cc2ccccc2)[C@H]1C. The van der Waals surface area contributed by atoms with Crippen LogP contribution in [0, 0.1) is 0 Å². The number of hydrogen-bond acceptors (Lipinski definition) is 3. The summed E-state index contributed by atoms with van der Waals surface area (Å²) < 4.78 is 7.76. The zero-order valence-electron chi connectivity index (χ0n) is 14.5. The topological polar surface area (TPSA) is 34.5 Å². The first kappa shape index (κ1) is 16.9. The average molecular weight is 326 g/mol. The Morgan fingerprint density at radius 3 is 2.58 bits per heavy atom. The normalized spacial score (nSPS) is 24.3. The number of rotatable bonds is 6. The van der Waals surface area contributed by atoms with Crippen LogP contribution in [0.15, 0.2) is 59.5 Å². The first-order valence-corrected chi connectivity index (χ1v) is 8.75. The van der Waals surface area contributed by atoms with Gasteiger partial charge in [0.1, 0.15) is 0 Å². The predicted molar refractivity (Wildman–Crippen MR) is 96.0 cm³/mol. The fourth-order valence-electron chi connectivity index (χ4n) is 3.65. The van der Waals surface area contributed by atoms with Gasteiger partial charge < -0.3 is 9.30 Å². The molecule has 0 N–H and O–H groups in total. The van der Waals surface area contributed by atoms with Gasteiger partial charge >= 0.3 is 0 Å². The van der Waals surface area contributed by atoms with Crippen molar-refractivity contribution in [3.63, 3.8) is 0 Å². The highest BCUT2D eigenvalue weighted by molar-refractivity contribution is 5.15. The number of ether oxygens (including phenoxy) is 1. The lowest BCUT2D eigenvalue weighted by Gasteiger charge is -2.29.